The van der Waals surface area contributed by atoms with Crippen molar-refractivity contribution in [3.05, 3.63) is 461 Å². The molecule has 9 nitrogen and oxygen atoms in total. The lowest BCUT2D eigenvalue weighted by molar-refractivity contribution is 0.669. The molecule has 135 heavy (non-hydrogen) atoms. The summed E-state index contributed by atoms with van der Waals surface area (Å²) in [6.45, 7) is 4.23. The largest absolute Gasteiger partial charge is 0.455 e. The zero-order valence-corrected chi connectivity index (χ0v) is 73.8. The Morgan fingerprint density at radius 3 is 0.807 bits per heavy atom. The summed E-state index contributed by atoms with van der Waals surface area (Å²) < 4.78 is 26.4. The second-order valence-electron chi connectivity index (χ2n) is 34.8. The SMILES string of the molecule is CCc1nc2ccccc2n1-c1ccc(-c2c3ccccc3c(-c3cccc4c3oc3ccccc34)c3ccccc23)cc1.Cc1nc2ccccc2n1-c1ccc(-c2c3ccccc3c(-c3cccc4c3oc3ccccc34)c3ccccc23)cc1.c1ccc(-c2nc3ccccc3n2-c2ccc(-c3c4ccccc4c(-c4cccc5c4oc4ccccc45)c4ccccc34)cc2)cc1. The van der Waals surface area contributed by atoms with Crippen molar-refractivity contribution in [3.63, 3.8) is 0 Å². The lowest BCUT2D eigenvalue weighted by Gasteiger charge is -2.18. The van der Waals surface area contributed by atoms with Gasteiger partial charge in [0.05, 0.1) is 33.1 Å². The minimum atomic E-state index is 0.866. The Hall–Kier alpha value is -17.8. The highest BCUT2D eigenvalue weighted by molar-refractivity contribution is 6.28. The van der Waals surface area contributed by atoms with Crippen molar-refractivity contribution in [2.75, 3.05) is 0 Å². The predicted octanol–water partition coefficient (Wildman–Crippen LogP) is 34.2. The van der Waals surface area contributed by atoms with Crippen LogP contribution in [0.15, 0.2) is 462 Å². The van der Waals surface area contributed by atoms with Crippen molar-refractivity contribution in [2.24, 2.45) is 0 Å². The van der Waals surface area contributed by atoms with Crippen LogP contribution in [0.5, 0.6) is 0 Å². The van der Waals surface area contributed by atoms with Crippen LogP contribution < -0.4 is 0 Å². The van der Waals surface area contributed by atoms with Gasteiger partial charge in [0.15, 0.2) is 0 Å². The smallest absolute Gasteiger partial charge is 0.145 e. The van der Waals surface area contributed by atoms with Crippen LogP contribution in [-0.2, 0) is 6.42 Å². The van der Waals surface area contributed by atoms with E-state index >= 15 is 0 Å². The highest BCUT2D eigenvalue weighted by atomic mass is 16.3. The average molecular weight is 1730 g/mol. The molecule has 22 aromatic carbocycles. The molecular formula is C126H82N6O3. The minimum absolute atomic E-state index is 0.866. The Kier molecular flexibility index (Phi) is 18.6. The number of hydrogen-bond acceptors (Lipinski definition) is 6. The fourth-order valence-corrected chi connectivity index (χ4v) is 21.5. The molecular weight excluding hydrogens is 1650 g/mol. The van der Waals surface area contributed by atoms with Gasteiger partial charge in [-0.2, -0.15) is 0 Å². The monoisotopic (exact) mass is 1730 g/mol. The first-order chi connectivity index (χ1) is 66.9. The van der Waals surface area contributed by atoms with Gasteiger partial charge in [-0.1, -0.05) is 365 Å². The molecule has 28 aromatic rings. The van der Waals surface area contributed by atoms with E-state index in [2.05, 4.69) is 440 Å². The molecule has 0 spiro atoms. The van der Waals surface area contributed by atoms with Gasteiger partial charge in [-0.3, -0.25) is 13.7 Å². The van der Waals surface area contributed by atoms with Gasteiger partial charge in [-0.25, -0.2) is 15.0 Å². The first kappa shape index (κ1) is 78.3. The summed E-state index contributed by atoms with van der Waals surface area (Å²) in [6.07, 6.45) is 0.866. The number of aryl methyl sites for hydroxylation is 2. The molecule has 9 heteroatoms. The number of hydrogen-bond donors (Lipinski definition) is 0. The van der Waals surface area contributed by atoms with Crippen molar-refractivity contribution >= 4 is 164 Å². The second kappa shape index (κ2) is 32.1. The Bertz CT molecular complexity index is 9450. The van der Waals surface area contributed by atoms with Gasteiger partial charge in [0.2, 0.25) is 0 Å². The van der Waals surface area contributed by atoms with Gasteiger partial charge in [0.1, 0.15) is 51.0 Å². The number of nitrogens with zero attached hydrogens (tertiary/aromatic N) is 6. The molecule has 28 rings (SSSR count). The van der Waals surface area contributed by atoms with E-state index in [1.807, 2.05) is 36.4 Å². The molecule has 0 atom stereocenters. The quantitative estimate of drug-likeness (QED) is 0.120. The van der Waals surface area contributed by atoms with Gasteiger partial charge < -0.3 is 13.3 Å². The lowest BCUT2D eigenvalue weighted by atomic mass is 9.85. The van der Waals surface area contributed by atoms with Crippen LogP contribution in [0.2, 0.25) is 0 Å². The lowest BCUT2D eigenvalue weighted by Crippen LogP contribution is -2.00. The molecule has 0 unspecified atom stereocenters. The zero-order chi connectivity index (χ0) is 89.3. The third-order valence-electron chi connectivity index (χ3n) is 27.3. The Labute approximate surface area is 776 Å². The fraction of sp³-hybridized carbons (Fsp3) is 0.0238. The molecule has 0 aliphatic rings. The van der Waals surface area contributed by atoms with E-state index in [9.17, 15) is 0 Å². The molecule has 634 valence electrons. The summed E-state index contributed by atoms with van der Waals surface area (Å²) in [5.74, 6) is 2.98. The van der Waals surface area contributed by atoms with Crippen molar-refractivity contribution in [1.82, 2.24) is 28.7 Å². The van der Waals surface area contributed by atoms with Crippen LogP contribution in [-0.4, -0.2) is 28.7 Å². The average Bonchev–Trinajstić information content (AvgIpc) is 1.51. The third kappa shape index (κ3) is 12.8. The standard InChI is InChI=1S/C45H28N2O.C41H28N2O.C40H26N2O/c1-2-13-30(14-3-1)45-46-39-22-9-10-23-40(39)47(45)31-27-25-29(26-28-31)42-33-16-4-6-18-35(33)43(36-19-7-5-17-34(36)42)38-21-12-20-37-32-15-8-11-24-41(32)48-44(37)38;1-2-38-42-35-19-8-9-20-36(35)43(38)27-24-22-26(23-25-27)39-29-13-3-5-15-31(29)40(32-16-6-4-14-30(32)39)34-18-11-17-33-28-12-7-10-21-37(28)44-41(33)34;1-25-41-35-18-7-8-19-36(35)42(25)27-23-21-26(22-24-27)38-29-12-2-4-14-31(29)39(32-15-5-3-13-30(32)38)34-17-10-16-33-28-11-6-9-20-37(28)43-40(33)34/h1-28H;3-25H,2H2,1H3;2-24H,1H3. The minimum Gasteiger partial charge on any atom is -0.455 e. The highest BCUT2D eigenvalue weighted by Gasteiger charge is 2.27. The molecule has 0 fully saturated rings. The maximum Gasteiger partial charge on any atom is 0.145 e. The fourth-order valence-electron chi connectivity index (χ4n) is 21.5. The maximum atomic E-state index is 6.56. The van der Waals surface area contributed by atoms with Crippen LogP contribution in [0, 0.1) is 6.92 Å². The number of benzene rings is 22. The zero-order valence-electron chi connectivity index (χ0n) is 73.8. The molecule has 0 bridgehead atoms. The van der Waals surface area contributed by atoms with Crippen molar-refractivity contribution in [2.45, 2.75) is 20.3 Å². The molecule has 0 saturated carbocycles. The molecule has 0 radical (unpaired) electrons. The Morgan fingerprint density at radius 2 is 0.459 bits per heavy atom. The number of para-hydroxylation sites is 12. The van der Waals surface area contributed by atoms with Crippen LogP contribution >= 0.6 is 0 Å². The predicted molar refractivity (Wildman–Crippen MR) is 562 cm³/mol. The number of furan rings is 3. The summed E-state index contributed by atoms with van der Waals surface area (Å²) in [4.78, 5) is 14.7. The summed E-state index contributed by atoms with van der Waals surface area (Å²) in [5, 5.41) is 21.4. The van der Waals surface area contributed by atoms with Gasteiger partial charge in [0.25, 0.3) is 0 Å². The summed E-state index contributed by atoms with van der Waals surface area (Å²) in [6, 6.07) is 160. The highest BCUT2D eigenvalue weighted by Crippen LogP contribution is 2.52. The van der Waals surface area contributed by atoms with E-state index in [1.54, 1.807) is 0 Å². The van der Waals surface area contributed by atoms with E-state index in [0.29, 0.717) is 0 Å². The molecule has 0 amide bonds. The van der Waals surface area contributed by atoms with Gasteiger partial charge in [-0.05, 0) is 196 Å². The normalized spacial score (nSPS) is 11.8. The van der Waals surface area contributed by atoms with Gasteiger partial charge in [-0.15, -0.1) is 0 Å². The summed E-state index contributed by atoms with van der Waals surface area (Å²) in [7, 11) is 0. The first-order valence-corrected chi connectivity index (χ1v) is 46.2. The maximum absolute atomic E-state index is 6.56. The molecule has 6 aromatic heterocycles. The molecule has 0 aliphatic carbocycles. The molecule has 0 aliphatic heterocycles. The topological polar surface area (TPSA) is 92.9 Å². The van der Waals surface area contributed by atoms with E-state index in [4.69, 9.17) is 28.2 Å². The van der Waals surface area contributed by atoms with E-state index in [1.165, 1.54) is 115 Å². The third-order valence-corrected chi connectivity index (χ3v) is 27.3. The summed E-state index contributed by atoms with van der Waals surface area (Å²) in [5.41, 5.74) is 30.5. The van der Waals surface area contributed by atoms with Crippen molar-refractivity contribution in [1.29, 1.82) is 0 Å². The number of imidazole rings is 3. The van der Waals surface area contributed by atoms with Gasteiger partial charge >= 0.3 is 0 Å². The van der Waals surface area contributed by atoms with E-state index in [-0.39, 0.29) is 0 Å². The van der Waals surface area contributed by atoms with Crippen molar-refractivity contribution < 1.29 is 13.3 Å². The van der Waals surface area contributed by atoms with Crippen LogP contribution in [0.1, 0.15) is 18.6 Å². The number of aromatic nitrogens is 6. The van der Waals surface area contributed by atoms with Gasteiger partial charge in [0, 0.05) is 94.7 Å². The first-order valence-electron chi connectivity index (χ1n) is 46.2. The van der Waals surface area contributed by atoms with Crippen LogP contribution in [0.4, 0.5) is 0 Å². The summed E-state index contributed by atoms with van der Waals surface area (Å²) >= 11 is 0. The number of rotatable bonds is 11. The second-order valence-corrected chi connectivity index (χ2v) is 34.8. The number of fused-ring (bicyclic) bond motifs is 18. The van der Waals surface area contributed by atoms with E-state index in [0.717, 1.165) is 162 Å². The molecule has 6 heterocycles. The molecule has 0 saturated heterocycles. The molecule has 0 N–H and O–H groups in total. The Morgan fingerprint density at radius 1 is 0.200 bits per heavy atom. The van der Waals surface area contributed by atoms with Crippen molar-refractivity contribution in [3.8, 4) is 95.2 Å². The van der Waals surface area contributed by atoms with Crippen LogP contribution in [0.25, 0.3) is 259 Å². The van der Waals surface area contributed by atoms with Crippen LogP contribution in [0.3, 0.4) is 0 Å². The Balaban J connectivity index is 0.000000106. The van der Waals surface area contributed by atoms with E-state index < -0.39 is 0 Å².